The van der Waals surface area contributed by atoms with E-state index in [1.807, 2.05) is 0 Å². The zero-order valence-corrected chi connectivity index (χ0v) is 8.68. The van der Waals surface area contributed by atoms with Gasteiger partial charge in [-0.2, -0.15) is 0 Å². The first-order valence-electron chi connectivity index (χ1n) is 4.37. The van der Waals surface area contributed by atoms with Crippen molar-refractivity contribution < 1.29 is 9.50 Å². The quantitative estimate of drug-likeness (QED) is 0.809. The molecule has 1 aromatic rings. The number of aliphatic hydroxyl groups excluding tert-OH is 1. The van der Waals surface area contributed by atoms with Crippen LogP contribution in [0.5, 0.6) is 0 Å². The van der Waals surface area contributed by atoms with Crippen LogP contribution >= 0.6 is 11.6 Å². The lowest BCUT2D eigenvalue weighted by molar-refractivity contribution is 0.183. The molecule has 1 unspecified atom stereocenters. The van der Waals surface area contributed by atoms with Crippen LogP contribution in [0.2, 0.25) is 5.02 Å². The Morgan fingerprint density at radius 2 is 2.21 bits per heavy atom. The largest absolute Gasteiger partial charge is 0.391 e. The predicted molar refractivity (Wildman–Crippen MR) is 54.9 cm³/mol. The molecule has 3 N–H and O–H groups in total. The lowest BCUT2D eigenvalue weighted by Gasteiger charge is -2.10. The Morgan fingerprint density at radius 1 is 1.57 bits per heavy atom. The molecule has 0 radical (unpaired) electrons. The molecule has 0 bridgehead atoms. The van der Waals surface area contributed by atoms with Crippen LogP contribution in [0.3, 0.4) is 0 Å². The minimum absolute atomic E-state index is 0.145. The normalized spacial score (nSPS) is 12.9. The van der Waals surface area contributed by atoms with E-state index in [9.17, 15) is 9.50 Å². The molecule has 0 saturated heterocycles. The number of nitrogens with two attached hydrogens (primary N) is 1. The summed E-state index contributed by atoms with van der Waals surface area (Å²) in [6.45, 7) is 1.79. The Morgan fingerprint density at radius 3 is 2.79 bits per heavy atom. The summed E-state index contributed by atoms with van der Waals surface area (Å²) in [6.07, 6.45) is -0.387. The molecular formula is C10H13ClFNO. The minimum Gasteiger partial charge on any atom is -0.391 e. The Labute approximate surface area is 87.5 Å². The highest BCUT2D eigenvalue weighted by Crippen LogP contribution is 2.21. The van der Waals surface area contributed by atoms with E-state index >= 15 is 0 Å². The van der Waals surface area contributed by atoms with Gasteiger partial charge in [-0.3, -0.25) is 0 Å². The van der Waals surface area contributed by atoms with Gasteiger partial charge in [0, 0.05) is 18.0 Å². The van der Waals surface area contributed by atoms with Crippen molar-refractivity contribution in [2.24, 2.45) is 5.73 Å². The second kappa shape index (κ2) is 4.73. The molecule has 0 amide bonds. The fraction of sp³-hybridized carbons (Fsp3) is 0.400. The first-order valence-corrected chi connectivity index (χ1v) is 4.75. The lowest BCUT2D eigenvalue weighted by atomic mass is 10.1. The van der Waals surface area contributed by atoms with Gasteiger partial charge in [0.05, 0.1) is 6.10 Å². The molecule has 0 fully saturated rings. The maximum absolute atomic E-state index is 13.1. The summed E-state index contributed by atoms with van der Waals surface area (Å²) >= 11 is 5.88. The second-order valence-electron chi connectivity index (χ2n) is 3.29. The van der Waals surface area contributed by atoms with Crippen molar-refractivity contribution in [3.8, 4) is 0 Å². The molecule has 4 heteroatoms. The molecule has 1 atom stereocenters. The monoisotopic (exact) mass is 217 g/mol. The van der Waals surface area contributed by atoms with E-state index < -0.39 is 6.10 Å². The third kappa shape index (κ3) is 2.67. The van der Waals surface area contributed by atoms with Gasteiger partial charge in [-0.1, -0.05) is 11.6 Å². The molecular weight excluding hydrogens is 205 g/mol. The van der Waals surface area contributed by atoms with Gasteiger partial charge in [0.2, 0.25) is 0 Å². The van der Waals surface area contributed by atoms with Crippen molar-refractivity contribution in [2.75, 3.05) is 6.54 Å². The van der Waals surface area contributed by atoms with Gasteiger partial charge in [0.15, 0.2) is 0 Å². The summed E-state index contributed by atoms with van der Waals surface area (Å²) in [7, 11) is 0. The number of benzene rings is 1. The number of halogens is 2. The summed E-state index contributed by atoms with van der Waals surface area (Å²) in [6, 6.07) is 2.89. The van der Waals surface area contributed by atoms with E-state index in [2.05, 4.69) is 0 Å². The van der Waals surface area contributed by atoms with Gasteiger partial charge >= 0.3 is 0 Å². The van der Waals surface area contributed by atoms with Crippen LogP contribution in [-0.2, 0) is 6.42 Å². The van der Waals surface area contributed by atoms with E-state index in [1.165, 1.54) is 6.07 Å². The smallest absolute Gasteiger partial charge is 0.126 e. The fourth-order valence-electron chi connectivity index (χ4n) is 1.18. The van der Waals surface area contributed by atoms with Crippen LogP contribution < -0.4 is 5.73 Å². The summed E-state index contributed by atoms with van der Waals surface area (Å²) in [5.41, 5.74) is 6.34. The van der Waals surface area contributed by atoms with Crippen molar-refractivity contribution in [1.29, 1.82) is 0 Å². The van der Waals surface area contributed by atoms with Gasteiger partial charge in [0.25, 0.3) is 0 Å². The molecule has 0 spiro atoms. The Hall–Kier alpha value is -0.640. The third-order valence-electron chi connectivity index (χ3n) is 2.06. The minimum atomic E-state index is -0.672. The molecule has 1 rings (SSSR count). The van der Waals surface area contributed by atoms with Crippen LogP contribution in [0.25, 0.3) is 0 Å². The van der Waals surface area contributed by atoms with Gasteiger partial charge < -0.3 is 10.8 Å². The molecule has 1 aromatic carbocycles. The first-order chi connectivity index (χ1) is 6.54. The van der Waals surface area contributed by atoms with Gasteiger partial charge in [0.1, 0.15) is 5.82 Å². The maximum Gasteiger partial charge on any atom is 0.126 e. The topological polar surface area (TPSA) is 46.2 Å². The molecule has 0 aliphatic rings. The Kier molecular flexibility index (Phi) is 3.86. The number of aryl methyl sites for hydroxylation is 1. The van der Waals surface area contributed by atoms with Crippen LogP contribution in [0.4, 0.5) is 4.39 Å². The molecule has 2 nitrogen and oxygen atoms in total. The van der Waals surface area contributed by atoms with Crippen molar-refractivity contribution >= 4 is 11.6 Å². The third-order valence-corrected chi connectivity index (χ3v) is 2.41. The molecule has 14 heavy (non-hydrogen) atoms. The summed E-state index contributed by atoms with van der Waals surface area (Å²) < 4.78 is 13.1. The number of rotatable bonds is 3. The highest BCUT2D eigenvalue weighted by Gasteiger charge is 2.09. The fourth-order valence-corrected chi connectivity index (χ4v) is 1.48. The standard InChI is InChI=1S/C10H13ClFNO/c1-6-2-9(11)7(4-10(6)12)3-8(14)5-13/h2,4,8,14H,3,5,13H2,1H3. The van der Waals surface area contributed by atoms with E-state index in [4.69, 9.17) is 17.3 Å². The van der Waals surface area contributed by atoms with Gasteiger partial charge in [-0.25, -0.2) is 4.39 Å². The Balaban J connectivity index is 2.92. The summed E-state index contributed by atoms with van der Waals surface area (Å²) in [5, 5.41) is 9.76. The van der Waals surface area contributed by atoms with E-state index in [-0.39, 0.29) is 18.8 Å². The van der Waals surface area contributed by atoms with Crippen molar-refractivity contribution in [3.05, 3.63) is 34.1 Å². The summed E-state index contributed by atoms with van der Waals surface area (Å²) in [4.78, 5) is 0. The van der Waals surface area contributed by atoms with Crippen LogP contribution in [0.15, 0.2) is 12.1 Å². The van der Waals surface area contributed by atoms with E-state index in [0.717, 1.165) is 0 Å². The molecule has 0 heterocycles. The molecule has 0 aromatic heterocycles. The highest BCUT2D eigenvalue weighted by atomic mass is 35.5. The number of hydrogen-bond acceptors (Lipinski definition) is 2. The Bertz CT molecular complexity index is 330. The van der Waals surface area contributed by atoms with Crippen LogP contribution in [0, 0.1) is 12.7 Å². The summed E-state index contributed by atoms with van der Waals surface area (Å²) in [5.74, 6) is -0.311. The molecule has 78 valence electrons. The highest BCUT2D eigenvalue weighted by molar-refractivity contribution is 6.31. The van der Waals surface area contributed by atoms with E-state index in [1.54, 1.807) is 13.0 Å². The average Bonchev–Trinajstić information content (AvgIpc) is 2.14. The van der Waals surface area contributed by atoms with Crippen LogP contribution in [0.1, 0.15) is 11.1 Å². The lowest BCUT2D eigenvalue weighted by Crippen LogP contribution is -2.22. The van der Waals surface area contributed by atoms with Crippen molar-refractivity contribution in [3.63, 3.8) is 0 Å². The van der Waals surface area contributed by atoms with Crippen LogP contribution in [-0.4, -0.2) is 17.8 Å². The molecule has 0 aliphatic heterocycles. The zero-order valence-electron chi connectivity index (χ0n) is 7.93. The predicted octanol–water partition coefficient (Wildman–Crippen LogP) is 1.65. The molecule has 0 aliphatic carbocycles. The van der Waals surface area contributed by atoms with Crippen molar-refractivity contribution in [1.82, 2.24) is 0 Å². The van der Waals surface area contributed by atoms with Gasteiger partial charge in [-0.05, 0) is 30.2 Å². The first kappa shape index (κ1) is 11.4. The SMILES string of the molecule is Cc1cc(Cl)c(CC(O)CN)cc1F. The zero-order chi connectivity index (χ0) is 10.7. The average molecular weight is 218 g/mol. The van der Waals surface area contributed by atoms with E-state index in [0.29, 0.717) is 16.1 Å². The number of aliphatic hydroxyl groups is 1. The maximum atomic E-state index is 13.1. The molecule has 0 saturated carbocycles. The second-order valence-corrected chi connectivity index (χ2v) is 3.69. The van der Waals surface area contributed by atoms with Crippen molar-refractivity contribution in [2.45, 2.75) is 19.4 Å². The number of hydrogen-bond donors (Lipinski definition) is 2. The van der Waals surface area contributed by atoms with Gasteiger partial charge in [-0.15, -0.1) is 0 Å².